The molecule has 0 aromatic heterocycles. The molecule has 0 unspecified atom stereocenters. The van der Waals surface area contributed by atoms with E-state index in [-0.39, 0.29) is 11.3 Å². The molecule has 21 heavy (non-hydrogen) atoms. The minimum absolute atomic E-state index is 0.122. The van der Waals surface area contributed by atoms with Gasteiger partial charge in [0.1, 0.15) is 5.75 Å². The number of ketones is 1. The van der Waals surface area contributed by atoms with Crippen LogP contribution in [0.2, 0.25) is 0 Å². The predicted octanol–water partition coefficient (Wildman–Crippen LogP) is 2.54. The molecule has 0 heterocycles. The van der Waals surface area contributed by atoms with Crippen LogP contribution in [-0.4, -0.2) is 22.8 Å². The number of benzene rings is 2. The highest BCUT2D eigenvalue weighted by molar-refractivity contribution is 6.09. The second-order valence-electron chi connectivity index (χ2n) is 4.33. The summed E-state index contributed by atoms with van der Waals surface area (Å²) in [4.78, 5) is 33.8. The normalized spacial score (nSPS) is 9.95. The summed E-state index contributed by atoms with van der Waals surface area (Å²) in [6.07, 6.45) is 0. The van der Waals surface area contributed by atoms with Gasteiger partial charge in [-0.2, -0.15) is 0 Å². The molecule has 0 radical (unpaired) electrons. The first-order chi connectivity index (χ1) is 9.97. The van der Waals surface area contributed by atoms with Gasteiger partial charge in [0.25, 0.3) is 0 Å². The Balaban J connectivity index is 2.19. The van der Waals surface area contributed by atoms with Crippen molar-refractivity contribution in [2.24, 2.45) is 0 Å². The predicted molar refractivity (Wildman–Crippen MR) is 74.6 cm³/mol. The molecule has 0 aliphatic carbocycles. The topological polar surface area (TPSA) is 80.7 Å². The molecule has 0 amide bonds. The molecule has 0 bridgehead atoms. The van der Waals surface area contributed by atoms with Gasteiger partial charge in [0.05, 0.1) is 5.56 Å². The van der Waals surface area contributed by atoms with Gasteiger partial charge in [0, 0.05) is 18.1 Å². The van der Waals surface area contributed by atoms with Gasteiger partial charge in [-0.15, -0.1) is 0 Å². The molecule has 2 aromatic carbocycles. The van der Waals surface area contributed by atoms with Crippen LogP contribution in [0.15, 0.2) is 48.5 Å². The van der Waals surface area contributed by atoms with Crippen molar-refractivity contribution in [3.05, 3.63) is 65.2 Å². The van der Waals surface area contributed by atoms with E-state index in [9.17, 15) is 14.4 Å². The Morgan fingerprint density at radius 1 is 0.810 bits per heavy atom. The van der Waals surface area contributed by atoms with E-state index >= 15 is 0 Å². The maximum absolute atomic E-state index is 12.2. The molecule has 0 saturated heterocycles. The molecule has 0 atom stereocenters. The Kier molecular flexibility index (Phi) is 4.13. The fraction of sp³-hybridized carbons (Fsp3) is 0.0625. The fourth-order valence-electron chi connectivity index (χ4n) is 1.77. The summed E-state index contributed by atoms with van der Waals surface area (Å²) >= 11 is 0. The quantitative estimate of drug-likeness (QED) is 0.530. The maximum atomic E-state index is 12.2. The molecule has 1 N–H and O–H groups in total. The van der Waals surface area contributed by atoms with Crippen molar-refractivity contribution in [3.8, 4) is 5.75 Å². The Hall–Kier alpha value is -2.95. The summed E-state index contributed by atoms with van der Waals surface area (Å²) in [5.74, 6) is -1.35. The lowest BCUT2D eigenvalue weighted by atomic mass is 10.0. The zero-order valence-electron chi connectivity index (χ0n) is 11.2. The molecule has 106 valence electrons. The fourth-order valence-corrected chi connectivity index (χ4v) is 1.77. The van der Waals surface area contributed by atoms with Gasteiger partial charge in [-0.05, 0) is 36.4 Å². The van der Waals surface area contributed by atoms with E-state index in [0.29, 0.717) is 16.9 Å². The molecule has 5 nitrogen and oxygen atoms in total. The summed E-state index contributed by atoms with van der Waals surface area (Å²) < 4.78 is 4.88. The van der Waals surface area contributed by atoms with Crippen LogP contribution in [0.25, 0.3) is 0 Å². The van der Waals surface area contributed by atoms with Crippen LogP contribution in [0.1, 0.15) is 33.2 Å². The van der Waals surface area contributed by atoms with Crippen molar-refractivity contribution in [2.75, 3.05) is 0 Å². The molecule has 5 heteroatoms. The SMILES string of the molecule is CC(=O)Oc1ccc(C(=O)c2ccc(C(=O)O)cc2)cc1. The Morgan fingerprint density at radius 3 is 1.67 bits per heavy atom. The number of carbonyl (C=O) groups excluding carboxylic acids is 2. The van der Waals surface area contributed by atoms with Gasteiger partial charge in [-0.3, -0.25) is 9.59 Å². The lowest BCUT2D eigenvalue weighted by molar-refractivity contribution is -0.131. The lowest BCUT2D eigenvalue weighted by Crippen LogP contribution is -2.04. The van der Waals surface area contributed by atoms with Crippen molar-refractivity contribution in [1.82, 2.24) is 0 Å². The average Bonchev–Trinajstić information content (AvgIpc) is 2.47. The van der Waals surface area contributed by atoms with E-state index in [1.54, 1.807) is 12.1 Å². The summed E-state index contributed by atoms with van der Waals surface area (Å²) in [5, 5.41) is 8.81. The Labute approximate surface area is 120 Å². The van der Waals surface area contributed by atoms with Gasteiger partial charge in [-0.25, -0.2) is 4.79 Å². The second kappa shape index (κ2) is 6.00. The third-order valence-corrected chi connectivity index (χ3v) is 2.77. The first-order valence-electron chi connectivity index (χ1n) is 6.14. The van der Waals surface area contributed by atoms with E-state index < -0.39 is 11.9 Å². The summed E-state index contributed by atoms with van der Waals surface area (Å²) in [7, 11) is 0. The smallest absolute Gasteiger partial charge is 0.335 e. The van der Waals surface area contributed by atoms with Crippen molar-refractivity contribution in [2.45, 2.75) is 6.92 Å². The first-order valence-corrected chi connectivity index (χ1v) is 6.14. The third kappa shape index (κ3) is 3.54. The number of rotatable bonds is 4. The van der Waals surface area contributed by atoms with Crippen molar-refractivity contribution in [3.63, 3.8) is 0 Å². The van der Waals surface area contributed by atoms with E-state index in [1.165, 1.54) is 43.3 Å². The lowest BCUT2D eigenvalue weighted by Gasteiger charge is -2.04. The number of hydrogen-bond acceptors (Lipinski definition) is 4. The second-order valence-corrected chi connectivity index (χ2v) is 4.33. The molecular formula is C16H12O5. The highest BCUT2D eigenvalue weighted by Crippen LogP contribution is 2.16. The van der Waals surface area contributed by atoms with E-state index in [4.69, 9.17) is 9.84 Å². The minimum atomic E-state index is -1.04. The Morgan fingerprint density at radius 2 is 1.24 bits per heavy atom. The molecule has 0 aliphatic rings. The number of hydrogen-bond donors (Lipinski definition) is 1. The molecule has 0 aliphatic heterocycles. The van der Waals surface area contributed by atoms with Crippen molar-refractivity contribution in [1.29, 1.82) is 0 Å². The number of esters is 1. The molecule has 0 spiro atoms. The summed E-state index contributed by atoms with van der Waals surface area (Å²) in [6.45, 7) is 1.29. The van der Waals surface area contributed by atoms with Crippen LogP contribution in [0.3, 0.4) is 0 Å². The average molecular weight is 284 g/mol. The summed E-state index contributed by atoms with van der Waals surface area (Å²) in [6, 6.07) is 11.8. The molecule has 2 rings (SSSR count). The van der Waals surface area contributed by atoms with Crippen LogP contribution in [-0.2, 0) is 4.79 Å². The standard InChI is InChI=1S/C16H12O5/c1-10(17)21-14-8-6-12(7-9-14)15(18)11-2-4-13(5-3-11)16(19)20/h2-9H,1H3,(H,19,20). The van der Waals surface area contributed by atoms with Gasteiger partial charge in [0.2, 0.25) is 0 Å². The molecular weight excluding hydrogens is 272 g/mol. The monoisotopic (exact) mass is 284 g/mol. The largest absolute Gasteiger partial charge is 0.478 e. The maximum Gasteiger partial charge on any atom is 0.335 e. The Bertz CT molecular complexity index is 684. The van der Waals surface area contributed by atoms with Crippen LogP contribution >= 0.6 is 0 Å². The van der Waals surface area contributed by atoms with E-state index in [0.717, 1.165) is 0 Å². The number of carbonyl (C=O) groups is 3. The number of ether oxygens (including phenoxy) is 1. The minimum Gasteiger partial charge on any atom is -0.478 e. The third-order valence-electron chi connectivity index (χ3n) is 2.77. The van der Waals surface area contributed by atoms with Crippen LogP contribution in [0, 0.1) is 0 Å². The van der Waals surface area contributed by atoms with Crippen LogP contribution in [0.5, 0.6) is 5.75 Å². The van der Waals surface area contributed by atoms with Gasteiger partial charge in [0.15, 0.2) is 5.78 Å². The summed E-state index contributed by atoms with van der Waals surface area (Å²) in [5.41, 5.74) is 0.936. The van der Waals surface area contributed by atoms with Crippen LogP contribution < -0.4 is 4.74 Å². The number of aromatic carboxylic acids is 1. The van der Waals surface area contributed by atoms with Crippen LogP contribution in [0.4, 0.5) is 0 Å². The highest BCUT2D eigenvalue weighted by Gasteiger charge is 2.10. The zero-order valence-corrected chi connectivity index (χ0v) is 11.2. The molecule has 0 saturated carbocycles. The first kappa shape index (κ1) is 14.5. The molecule has 2 aromatic rings. The van der Waals surface area contributed by atoms with Crippen molar-refractivity contribution < 1.29 is 24.2 Å². The van der Waals surface area contributed by atoms with Gasteiger partial charge >= 0.3 is 11.9 Å². The number of carboxylic acid groups (broad SMARTS) is 1. The molecule has 0 fully saturated rings. The van der Waals surface area contributed by atoms with Gasteiger partial charge in [-0.1, -0.05) is 12.1 Å². The van der Waals surface area contributed by atoms with E-state index in [1.807, 2.05) is 0 Å². The highest BCUT2D eigenvalue weighted by atomic mass is 16.5. The zero-order chi connectivity index (χ0) is 15.4. The number of carboxylic acids is 1. The van der Waals surface area contributed by atoms with Gasteiger partial charge < -0.3 is 9.84 Å². The van der Waals surface area contributed by atoms with Crippen molar-refractivity contribution >= 4 is 17.7 Å². The van der Waals surface area contributed by atoms with E-state index in [2.05, 4.69) is 0 Å².